The molecular weight excluding hydrogens is 570 g/mol. The highest BCUT2D eigenvalue weighted by atomic mass is 32.1. The van der Waals surface area contributed by atoms with Gasteiger partial charge in [-0.1, -0.05) is 36.4 Å². The van der Waals surface area contributed by atoms with Gasteiger partial charge < -0.3 is 20.7 Å². The fraction of sp³-hybridized carbons (Fsp3) is 0.306. The Balaban J connectivity index is 1.11. The minimum atomic E-state index is -0.339. The van der Waals surface area contributed by atoms with E-state index in [9.17, 15) is 14.4 Å². The van der Waals surface area contributed by atoms with Crippen molar-refractivity contribution in [3.63, 3.8) is 0 Å². The molecule has 1 aromatic heterocycles. The number of esters is 1. The summed E-state index contributed by atoms with van der Waals surface area (Å²) in [7, 11) is 1.38. The number of anilines is 2. The normalized spacial score (nSPS) is 14.0. The molecule has 2 aliphatic rings. The number of fused-ring (bicyclic) bond motifs is 1. The maximum Gasteiger partial charge on any atom is 0.337 e. The Bertz CT molecular complexity index is 1660. The first-order valence-electron chi connectivity index (χ1n) is 15.3. The Morgan fingerprint density at radius 3 is 2.20 bits per heavy atom. The predicted octanol–water partition coefficient (Wildman–Crippen LogP) is 6.96. The van der Waals surface area contributed by atoms with E-state index in [-0.39, 0.29) is 17.8 Å². The second-order valence-electron chi connectivity index (χ2n) is 11.6. The van der Waals surface area contributed by atoms with Gasteiger partial charge in [0, 0.05) is 28.7 Å². The van der Waals surface area contributed by atoms with E-state index in [1.54, 1.807) is 12.1 Å². The topological polar surface area (TPSA) is 96.5 Å². The summed E-state index contributed by atoms with van der Waals surface area (Å²) in [4.78, 5) is 39.9. The Morgan fingerprint density at radius 2 is 1.50 bits per heavy atom. The van der Waals surface area contributed by atoms with Crippen LogP contribution in [0.5, 0.6) is 0 Å². The third-order valence-electron chi connectivity index (χ3n) is 8.28. The van der Waals surface area contributed by atoms with E-state index in [1.165, 1.54) is 36.2 Å². The van der Waals surface area contributed by atoms with Crippen LogP contribution in [-0.2, 0) is 37.0 Å². The smallest absolute Gasteiger partial charge is 0.337 e. The van der Waals surface area contributed by atoms with E-state index in [2.05, 4.69) is 16.0 Å². The van der Waals surface area contributed by atoms with E-state index < -0.39 is 0 Å². The molecular formula is C36H37N3O4S. The van der Waals surface area contributed by atoms with Gasteiger partial charge in [0.1, 0.15) is 5.00 Å². The zero-order chi connectivity index (χ0) is 30.5. The molecule has 4 aromatic rings. The number of ether oxygens (including phenoxy) is 1. The average Bonchev–Trinajstić information content (AvgIpc) is 3.82. The Kier molecular flexibility index (Phi) is 9.19. The van der Waals surface area contributed by atoms with Gasteiger partial charge in [-0.2, -0.15) is 0 Å². The van der Waals surface area contributed by atoms with E-state index in [4.69, 9.17) is 4.74 Å². The van der Waals surface area contributed by atoms with Crippen LogP contribution < -0.4 is 16.0 Å². The number of benzene rings is 3. The average molecular weight is 608 g/mol. The fourth-order valence-corrected chi connectivity index (χ4v) is 6.89. The van der Waals surface area contributed by atoms with Crippen molar-refractivity contribution in [3.8, 4) is 0 Å². The van der Waals surface area contributed by atoms with Gasteiger partial charge in [0.25, 0.3) is 11.8 Å². The highest BCUT2D eigenvalue weighted by Crippen LogP contribution is 2.39. The van der Waals surface area contributed by atoms with Gasteiger partial charge in [0.15, 0.2) is 0 Å². The zero-order valence-electron chi connectivity index (χ0n) is 24.9. The van der Waals surface area contributed by atoms with Crippen molar-refractivity contribution in [3.05, 3.63) is 117 Å². The second-order valence-corrected chi connectivity index (χ2v) is 12.7. The third kappa shape index (κ3) is 7.26. The van der Waals surface area contributed by atoms with Gasteiger partial charge in [0.05, 0.1) is 18.2 Å². The molecule has 1 saturated carbocycles. The van der Waals surface area contributed by atoms with Crippen molar-refractivity contribution in [2.24, 2.45) is 0 Å². The SMILES string of the molecule is COC(=O)c1ccc(CCc2ccc(NC(=O)c3c(NC(=O)c4cccc(CNC5CC5)c4)sc4c3CCCC4)cc2)cc1. The Morgan fingerprint density at radius 1 is 0.795 bits per heavy atom. The van der Waals surface area contributed by atoms with Crippen LogP contribution in [0.15, 0.2) is 72.8 Å². The van der Waals surface area contributed by atoms with Crippen LogP contribution in [0, 0.1) is 0 Å². The molecule has 7 nitrogen and oxygen atoms in total. The highest BCUT2D eigenvalue weighted by Gasteiger charge is 2.27. The summed E-state index contributed by atoms with van der Waals surface area (Å²) in [5.74, 6) is -0.732. The Hall–Kier alpha value is -4.27. The summed E-state index contributed by atoms with van der Waals surface area (Å²) in [6, 6.07) is 23.6. The number of thiophene rings is 1. The predicted molar refractivity (Wildman–Crippen MR) is 175 cm³/mol. The quantitative estimate of drug-likeness (QED) is 0.160. The lowest BCUT2D eigenvalue weighted by Gasteiger charge is -2.14. The number of hydrogen-bond acceptors (Lipinski definition) is 6. The molecule has 0 saturated heterocycles. The number of carbonyl (C=O) groups is 3. The summed E-state index contributed by atoms with van der Waals surface area (Å²) in [5, 5.41) is 10.3. The van der Waals surface area contributed by atoms with Gasteiger partial charge in [-0.05, 0) is 110 Å². The summed E-state index contributed by atoms with van der Waals surface area (Å²) in [6.07, 6.45) is 7.99. The molecule has 226 valence electrons. The molecule has 0 aliphatic heterocycles. The van der Waals surface area contributed by atoms with Crippen LogP contribution in [0.1, 0.15) is 83.9 Å². The van der Waals surface area contributed by atoms with Crippen molar-refractivity contribution in [2.45, 2.75) is 64.0 Å². The zero-order valence-corrected chi connectivity index (χ0v) is 25.7. The van der Waals surface area contributed by atoms with Gasteiger partial charge in [-0.25, -0.2) is 4.79 Å². The van der Waals surface area contributed by atoms with E-state index >= 15 is 0 Å². The number of rotatable bonds is 11. The van der Waals surface area contributed by atoms with Crippen LogP contribution in [0.2, 0.25) is 0 Å². The van der Waals surface area contributed by atoms with Crippen molar-refractivity contribution < 1.29 is 19.1 Å². The summed E-state index contributed by atoms with van der Waals surface area (Å²) in [6.45, 7) is 0.746. The number of carbonyl (C=O) groups excluding carboxylic acids is 3. The number of methoxy groups -OCH3 is 1. The van der Waals surface area contributed by atoms with Gasteiger partial charge in [-0.3, -0.25) is 9.59 Å². The molecule has 2 aliphatic carbocycles. The molecule has 1 heterocycles. The molecule has 2 amide bonds. The molecule has 0 bridgehead atoms. The number of amides is 2. The molecule has 1 fully saturated rings. The molecule has 0 spiro atoms. The van der Waals surface area contributed by atoms with Crippen molar-refractivity contribution >= 4 is 39.8 Å². The lowest BCUT2D eigenvalue weighted by atomic mass is 9.95. The summed E-state index contributed by atoms with van der Waals surface area (Å²) < 4.78 is 4.77. The van der Waals surface area contributed by atoms with Crippen LogP contribution in [-0.4, -0.2) is 30.9 Å². The number of aryl methyl sites for hydroxylation is 3. The van der Waals surface area contributed by atoms with Gasteiger partial charge in [0.2, 0.25) is 0 Å². The molecule has 6 rings (SSSR count). The largest absolute Gasteiger partial charge is 0.465 e. The second kappa shape index (κ2) is 13.6. The Labute approximate surface area is 262 Å². The fourth-order valence-electron chi connectivity index (χ4n) is 5.60. The third-order valence-corrected chi connectivity index (χ3v) is 9.48. The van der Waals surface area contributed by atoms with Crippen LogP contribution in [0.4, 0.5) is 10.7 Å². The number of nitrogens with one attached hydrogen (secondary N) is 3. The van der Waals surface area contributed by atoms with Crippen molar-refractivity contribution in [1.82, 2.24) is 5.32 Å². The minimum Gasteiger partial charge on any atom is -0.465 e. The molecule has 0 radical (unpaired) electrons. The maximum absolute atomic E-state index is 13.7. The van der Waals surface area contributed by atoms with Crippen LogP contribution in [0.25, 0.3) is 0 Å². The summed E-state index contributed by atoms with van der Waals surface area (Å²) in [5.41, 5.74) is 6.85. The lowest BCUT2D eigenvalue weighted by molar-refractivity contribution is 0.0600. The molecule has 44 heavy (non-hydrogen) atoms. The first kappa shape index (κ1) is 29.8. The van der Waals surface area contributed by atoms with Gasteiger partial charge >= 0.3 is 5.97 Å². The van der Waals surface area contributed by atoms with Crippen molar-refractivity contribution in [1.29, 1.82) is 0 Å². The van der Waals surface area contributed by atoms with E-state index in [0.717, 1.165) is 67.3 Å². The van der Waals surface area contributed by atoms with Crippen LogP contribution in [0.3, 0.4) is 0 Å². The van der Waals surface area contributed by atoms with Crippen molar-refractivity contribution in [2.75, 3.05) is 17.7 Å². The molecule has 0 atom stereocenters. The molecule has 8 heteroatoms. The minimum absolute atomic E-state index is 0.194. The highest BCUT2D eigenvalue weighted by molar-refractivity contribution is 7.17. The first-order valence-corrected chi connectivity index (χ1v) is 16.1. The lowest BCUT2D eigenvalue weighted by Crippen LogP contribution is -2.19. The monoisotopic (exact) mass is 607 g/mol. The standard InChI is InChI=1S/C36H37N3O4S/c1-43-36(42)26-15-11-23(12-16-26)9-10-24-13-17-29(18-14-24)38-34(41)32-30-7-2-3-8-31(30)44-35(32)39-33(40)27-6-4-5-25(21-27)22-37-28-19-20-28/h4-6,11-18,21,28,37H,2-3,7-10,19-20,22H2,1H3,(H,38,41)(H,39,40). The van der Waals surface area contributed by atoms with E-state index in [1.807, 2.05) is 60.7 Å². The van der Waals surface area contributed by atoms with Crippen LogP contribution >= 0.6 is 11.3 Å². The first-order chi connectivity index (χ1) is 21.5. The molecule has 3 aromatic carbocycles. The van der Waals surface area contributed by atoms with Gasteiger partial charge in [-0.15, -0.1) is 11.3 Å². The number of hydrogen-bond donors (Lipinski definition) is 3. The summed E-state index contributed by atoms with van der Waals surface area (Å²) >= 11 is 1.53. The maximum atomic E-state index is 13.7. The molecule has 0 unspecified atom stereocenters. The molecule has 3 N–H and O–H groups in total. The van der Waals surface area contributed by atoms with E-state index in [0.29, 0.717) is 33.4 Å².